The summed E-state index contributed by atoms with van der Waals surface area (Å²) in [5.74, 6) is 0.473. The molecule has 3 fully saturated rings. The van der Waals surface area contributed by atoms with Crippen molar-refractivity contribution in [3.8, 4) is 0 Å². The Labute approximate surface area is 127 Å². The van der Waals surface area contributed by atoms with Gasteiger partial charge in [-0.2, -0.15) is 4.31 Å². The summed E-state index contributed by atoms with van der Waals surface area (Å²) in [6.07, 6.45) is 1.68. The van der Waals surface area contributed by atoms with E-state index in [9.17, 15) is 8.42 Å². The summed E-state index contributed by atoms with van der Waals surface area (Å²) in [5, 5.41) is 0. The van der Waals surface area contributed by atoms with Crippen molar-refractivity contribution in [1.29, 1.82) is 0 Å². The molecule has 21 heavy (non-hydrogen) atoms. The topological polar surface area (TPSA) is 46.6 Å². The third kappa shape index (κ3) is 2.62. The first kappa shape index (κ1) is 15.0. The van der Waals surface area contributed by atoms with E-state index < -0.39 is 10.0 Å². The van der Waals surface area contributed by atoms with Gasteiger partial charge in [0.2, 0.25) is 10.0 Å². The highest BCUT2D eigenvalue weighted by Crippen LogP contribution is 2.49. The summed E-state index contributed by atoms with van der Waals surface area (Å²) in [6.45, 7) is 7.38. The van der Waals surface area contributed by atoms with Crippen molar-refractivity contribution in [3.63, 3.8) is 0 Å². The summed E-state index contributed by atoms with van der Waals surface area (Å²) < 4.78 is 33.1. The number of rotatable bonds is 5. The molecule has 0 amide bonds. The Morgan fingerprint density at radius 3 is 2.48 bits per heavy atom. The lowest BCUT2D eigenvalue weighted by atomic mass is 9.81. The molecule has 0 unspecified atom stereocenters. The Bertz CT molecular complexity index is 615. The number of ether oxygens (including phenoxy) is 1. The first-order valence-electron chi connectivity index (χ1n) is 7.55. The highest BCUT2D eigenvalue weighted by molar-refractivity contribution is 7.89. The largest absolute Gasteiger partial charge is 0.373 e. The summed E-state index contributed by atoms with van der Waals surface area (Å²) in [5.41, 5.74) is 0.837. The molecule has 4 rings (SSSR count). The number of hydrogen-bond acceptors (Lipinski definition) is 3. The maximum atomic E-state index is 12.7. The van der Waals surface area contributed by atoms with Crippen LogP contribution in [0.15, 0.2) is 29.2 Å². The van der Waals surface area contributed by atoms with Crippen molar-refractivity contribution in [2.75, 3.05) is 13.2 Å². The molecule has 1 saturated carbocycles. The fourth-order valence-electron chi connectivity index (χ4n) is 3.18. The van der Waals surface area contributed by atoms with Crippen molar-refractivity contribution in [1.82, 2.24) is 4.31 Å². The third-order valence-corrected chi connectivity index (χ3v) is 6.33. The smallest absolute Gasteiger partial charge is 0.243 e. The van der Waals surface area contributed by atoms with Crippen LogP contribution in [0.1, 0.15) is 32.3 Å². The highest BCUT2D eigenvalue weighted by atomic mass is 32.2. The van der Waals surface area contributed by atoms with E-state index >= 15 is 0 Å². The highest BCUT2D eigenvalue weighted by Gasteiger charge is 2.59. The van der Waals surface area contributed by atoms with Gasteiger partial charge in [0.1, 0.15) is 0 Å². The Morgan fingerprint density at radius 1 is 1.29 bits per heavy atom. The zero-order valence-electron chi connectivity index (χ0n) is 12.9. The van der Waals surface area contributed by atoms with Crippen LogP contribution in [0.2, 0.25) is 0 Å². The van der Waals surface area contributed by atoms with Gasteiger partial charge in [0, 0.05) is 19.2 Å². The van der Waals surface area contributed by atoms with Gasteiger partial charge in [-0.15, -0.1) is 0 Å². The molecule has 3 aliphatic rings. The second-order valence-electron chi connectivity index (χ2n) is 6.81. The van der Waals surface area contributed by atoms with Crippen molar-refractivity contribution in [3.05, 3.63) is 29.8 Å². The lowest BCUT2D eigenvalue weighted by molar-refractivity contribution is -0.0779. The minimum atomic E-state index is -3.39. The standard InChI is InChI=1S/C16H23NO3S/c1-12(2)10-20-16-8-14(9-16)17(11-16)21(18,19)15-6-4-13(3)5-7-15/h4-7,12,14H,8-11H2,1-3H3. The minimum absolute atomic E-state index is 0.114. The van der Waals surface area contributed by atoms with Gasteiger partial charge in [-0.3, -0.25) is 0 Å². The molecule has 2 bridgehead atoms. The number of sulfonamides is 1. The Balaban J connectivity index is 1.76. The van der Waals surface area contributed by atoms with Crippen LogP contribution in [0.5, 0.6) is 0 Å². The van der Waals surface area contributed by atoms with E-state index in [2.05, 4.69) is 13.8 Å². The van der Waals surface area contributed by atoms with E-state index in [0.29, 0.717) is 24.0 Å². The number of aryl methyl sites for hydroxylation is 1. The van der Waals surface area contributed by atoms with Crippen LogP contribution in [0, 0.1) is 12.8 Å². The normalized spacial score (nSPS) is 28.9. The van der Waals surface area contributed by atoms with Crippen molar-refractivity contribution >= 4 is 10.0 Å². The zero-order chi connectivity index (χ0) is 15.3. The molecule has 1 aliphatic carbocycles. The minimum Gasteiger partial charge on any atom is -0.373 e. The average molecular weight is 309 g/mol. The number of nitrogens with zero attached hydrogens (tertiary/aromatic N) is 1. The molecule has 0 spiro atoms. The predicted octanol–water partition coefficient (Wildman–Crippen LogP) is 2.57. The van der Waals surface area contributed by atoms with Gasteiger partial charge in [-0.1, -0.05) is 31.5 Å². The van der Waals surface area contributed by atoms with Gasteiger partial charge in [0.25, 0.3) is 0 Å². The second kappa shape index (κ2) is 5.07. The maximum Gasteiger partial charge on any atom is 0.243 e. The van der Waals surface area contributed by atoms with Crippen molar-refractivity contribution < 1.29 is 13.2 Å². The van der Waals surface area contributed by atoms with E-state index in [-0.39, 0.29) is 11.6 Å². The number of fused-ring (bicyclic) bond motifs is 1. The third-order valence-electron chi connectivity index (χ3n) is 4.42. The number of benzene rings is 1. The lowest BCUT2D eigenvalue weighted by Gasteiger charge is -2.37. The molecule has 0 N–H and O–H groups in total. The molecule has 1 aromatic rings. The van der Waals surface area contributed by atoms with E-state index in [1.807, 2.05) is 19.1 Å². The maximum absolute atomic E-state index is 12.7. The van der Waals surface area contributed by atoms with Gasteiger partial charge >= 0.3 is 0 Å². The van der Waals surface area contributed by atoms with Crippen LogP contribution in [0.4, 0.5) is 0 Å². The Hall–Kier alpha value is -0.910. The Morgan fingerprint density at radius 2 is 1.90 bits per heavy atom. The van der Waals surface area contributed by atoms with Crippen LogP contribution in [-0.4, -0.2) is 37.5 Å². The van der Waals surface area contributed by atoms with E-state index in [1.54, 1.807) is 16.4 Å². The van der Waals surface area contributed by atoms with Gasteiger partial charge in [0.15, 0.2) is 0 Å². The van der Waals surface area contributed by atoms with Crippen molar-refractivity contribution in [2.24, 2.45) is 5.92 Å². The molecule has 1 aromatic carbocycles. The molecule has 4 nitrogen and oxygen atoms in total. The molecule has 2 aliphatic heterocycles. The van der Waals surface area contributed by atoms with E-state index in [1.165, 1.54) is 0 Å². The summed E-state index contributed by atoms with van der Waals surface area (Å²) in [7, 11) is -3.39. The zero-order valence-corrected chi connectivity index (χ0v) is 13.7. The van der Waals surface area contributed by atoms with Gasteiger partial charge in [-0.05, 0) is 37.8 Å². The SMILES string of the molecule is Cc1ccc(S(=O)(=O)N2CC3(OCC(C)C)CC2C3)cc1. The van der Waals surface area contributed by atoms with E-state index in [4.69, 9.17) is 4.74 Å². The monoisotopic (exact) mass is 309 g/mol. The molecular formula is C16H23NO3S. The number of hydrogen-bond donors (Lipinski definition) is 0. The quantitative estimate of drug-likeness (QED) is 0.840. The molecule has 0 atom stereocenters. The molecule has 2 heterocycles. The summed E-state index contributed by atoms with van der Waals surface area (Å²) in [6, 6.07) is 7.20. The molecular weight excluding hydrogens is 286 g/mol. The lowest BCUT2D eigenvalue weighted by Crippen LogP contribution is -2.43. The van der Waals surface area contributed by atoms with Gasteiger partial charge in [-0.25, -0.2) is 8.42 Å². The molecule has 116 valence electrons. The predicted molar refractivity (Wildman–Crippen MR) is 81.6 cm³/mol. The second-order valence-corrected chi connectivity index (χ2v) is 8.70. The summed E-state index contributed by atoms with van der Waals surface area (Å²) >= 11 is 0. The first-order valence-corrected chi connectivity index (χ1v) is 8.99. The van der Waals surface area contributed by atoms with Crippen LogP contribution in [0.3, 0.4) is 0 Å². The average Bonchev–Trinajstić information content (AvgIpc) is 2.93. The first-order chi connectivity index (χ1) is 9.82. The van der Waals surface area contributed by atoms with Gasteiger partial charge in [0.05, 0.1) is 10.5 Å². The molecule has 0 radical (unpaired) electrons. The van der Waals surface area contributed by atoms with Crippen LogP contribution in [0.25, 0.3) is 0 Å². The molecule has 0 aromatic heterocycles. The van der Waals surface area contributed by atoms with E-state index in [0.717, 1.165) is 18.4 Å². The Kier molecular flexibility index (Phi) is 3.62. The van der Waals surface area contributed by atoms with Crippen LogP contribution in [-0.2, 0) is 14.8 Å². The fraction of sp³-hybridized carbons (Fsp3) is 0.625. The van der Waals surface area contributed by atoms with Crippen LogP contribution >= 0.6 is 0 Å². The summed E-state index contributed by atoms with van der Waals surface area (Å²) in [4.78, 5) is 0.389. The fourth-order valence-corrected chi connectivity index (χ4v) is 4.88. The van der Waals surface area contributed by atoms with Crippen LogP contribution < -0.4 is 0 Å². The molecule has 2 saturated heterocycles. The van der Waals surface area contributed by atoms with Gasteiger partial charge < -0.3 is 4.74 Å². The van der Waals surface area contributed by atoms with Crippen molar-refractivity contribution in [2.45, 2.75) is 50.2 Å². The molecule has 5 heteroatoms.